The van der Waals surface area contributed by atoms with Gasteiger partial charge in [-0.15, -0.1) is 0 Å². The van der Waals surface area contributed by atoms with Crippen molar-refractivity contribution in [2.75, 3.05) is 31.1 Å². The topological polar surface area (TPSA) is 23.6 Å². The number of carbonyl (C=O) groups excluding carboxylic acids is 1. The van der Waals surface area contributed by atoms with Crippen molar-refractivity contribution < 1.29 is 13.6 Å². The normalized spacial score (nSPS) is 15.9. The zero-order valence-electron chi connectivity index (χ0n) is 10.3. The summed E-state index contributed by atoms with van der Waals surface area (Å²) in [4.78, 5) is 15.3. The van der Waals surface area contributed by atoms with Gasteiger partial charge in [-0.25, -0.2) is 8.78 Å². The Labute approximate surface area is 105 Å². The van der Waals surface area contributed by atoms with Crippen LogP contribution in [-0.4, -0.2) is 37.0 Å². The third kappa shape index (κ3) is 2.60. The van der Waals surface area contributed by atoms with Gasteiger partial charge < -0.3 is 9.80 Å². The molecule has 1 aliphatic rings. The Hall–Kier alpha value is -1.65. The summed E-state index contributed by atoms with van der Waals surface area (Å²) in [6.45, 7) is 4.40. The monoisotopic (exact) mass is 254 g/mol. The van der Waals surface area contributed by atoms with Gasteiger partial charge in [0.2, 0.25) is 5.91 Å². The summed E-state index contributed by atoms with van der Waals surface area (Å²) >= 11 is 0. The number of halogens is 2. The maximum atomic E-state index is 13.1. The quantitative estimate of drug-likeness (QED) is 0.806. The van der Waals surface area contributed by atoms with Gasteiger partial charge in [0.05, 0.1) is 0 Å². The maximum Gasteiger partial charge on any atom is 0.222 e. The lowest BCUT2D eigenvalue weighted by atomic mass is 10.2. The lowest BCUT2D eigenvalue weighted by Crippen LogP contribution is -2.48. The van der Waals surface area contributed by atoms with Crippen LogP contribution in [0.25, 0.3) is 0 Å². The first kappa shape index (κ1) is 12.8. The molecular weight excluding hydrogens is 238 g/mol. The molecule has 18 heavy (non-hydrogen) atoms. The van der Waals surface area contributed by atoms with Gasteiger partial charge in [0, 0.05) is 44.4 Å². The van der Waals surface area contributed by atoms with Crippen molar-refractivity contribution in [3.05, 3.63) is 29.8 Å². The van der Waals surface area contributed by atoms with Crippen LogP contribution >= 0.6 is 0 Å². The first-order valence-electron chi connectivity index (χ1n) is 6.09. The summed E-state index contributed by atoms with van der Waals surface area (Å²) in [5, 5.41) is 0. The van der Waals surface area contributed by atoms with Crippen LogP contribution in [0.15, 0.2) is 18.2 Å². The number of anilines is 1. The van der Waals surface area contributed by atoms with Crippen molar-refractivity contribution in [1.29, 1.82) is 0 Å². The highest BCUT2D eigenvalue weighted by Gasteiger charge is 2.20. The molecule has 0 aromatic heterocycles. The Morgan fingerprint density at radius 3 is 2.39 bits per heavy atom. The summed E-state index contributed by atoms with van der Waals surface area (Å²) in [5.74, 6) is -1.53. The highest BCUT2D eigenvalue weighted by atomic mass is 19.2. The minimum Gasteiger partial charge on any atom is -0.368 e. The lowest BCUT2D eigenvalue weighted by Gasteiger charge is -2.36. The van der Waals surface area contributed by atoms with Gasteiger partial charge in [-0.05, 0) is 12.1 Å². The van der Waals surface area contributed by atoms with Crippen LogP contribution in [0.2, 0.25) is 0 Å². The Kier molecular flexibility index (Phi) is 3.79. The van der Waals surface area contributed by atoms with E-state index in [9.17, 15) is 13.6 Å². The van der Waals surface area contributed by atoms with Gasteiger partial charge in [-0.2, -0.15) is 0 Å². The van der Waals surface area contributed by atoms with Crippen LogP contribution in [0, 0.1) is 11.6 Å². The molecule has 1 aromatic carbocycles. The van der Waals surface area contributed by atoms with Gasteiger partial charge in [0.25, 0.3) is 0 Å². The molecule has 1 fully saturated rings. The van der Waals surface area contributed by atoms with Crippen LogP contribution in [0.1, 0.15) is 13.3 Å². The van der Waals surface area contributed by atoms with E-state index in [2.05, 4.69) is 0 Å². The van der Waals surface area contributed by atoms with Crippen molar-refractivity contribution in [1.82, 2.24) is 4.90 Å². The average Bonchev–Trinajstić information content (AvgIpc) is 2.41. The van der Waals surface area contributed by atoms with E-state index in [1.807, 2.05) is 11.8 Å². The number of piperazine rings is 1. The smallest absolute Gasteiger partial charge is 0.222 e. The SMILES string of the molecule is CCC(=O)N1CCN(c2ccc(F)c(F)c2)CC1. The molecule has 1 saturated heterocycles. The zero-order valence-corrected chi connectivity index (χ0v) is 10.3. The third-order valence-corrected chi connectivity index (χ3v) is 3.20. The predicted molar refractivity (Wildman–Crippen MR) is 65.4 cm³/mol. The van der Waals surface area contributed by atoms with E-state index in [-0.39, 0.29) is 5.91 Å². The molecule has 2 rings (SSSR count). The van der Waals surface area contributed by atoms with Gasteiger partial charge in [-0.1, -0.05) is 6.92 Å². The highest BCUT2D eigenvalue weighted by molar-refractivity contribution is 5.76. The third-order valence-electron chi connectivity index (χ3n) is 3.20. The number of rotatable bonds is 2. The van der Waals surface area contributed by atoms with Crippen LogP contribution in [0.5, 0.6) is 0 Å². The molecule has 0 bridgehead atoms. The summed E-state index contributed by atoms with van der Waals surface area (Å²) in [7, 11) is 0. The van der Waals surface area contributed by atoms with Crippen LogP contribution in [0.4, 0.5) is 14.5 Å². The standard InChI is InChI=1S/C13H16F2N2O/c1-2-13(18)17-7-5-16(6-8-17)10-3-4-11(14)12(15)9-10/h3-4,9H,2,5-8H2,1H3. The van der Waals surface area contributed by atoms with Crippen molar-refractivity contribution in [3.63, 3.8) is 0 Å². The molecule has 1 heterocycles. The molecule has 0 saturated carbocycles. The molecule has 1 aromatic rings. The van der Waals surface area contributed by atoms with E-state index >= 15 is 0 Å². The Balaban J connectivity index is 2.01. The van der Waals surface area contributed by atoms with E-state index in [0.717, 1.165) is 6.07 Å². The number of amides is 1. The van der Waals surface area contributed by atoms with E-state index in [0.29, 0.717) is 38.3 Å². The van der Waals surface area contributed by atoms with Gasteiger partial charge in [-0.3, -0.25) is 4.79 Å². The average molecular weight is 254 g/mol. The molecular formula is C13H16F2N2O. The predicted octanol–water partition coefficient (Wildman–Crippen LogP) is 2.02. The Bertz CT molecular complexity index is 443. The van der Waals surface area contributed by atoms with Crippen molar-refractivity contribution >= 4 is 11.6 Å². The van der Waals surface area contributed by atoms with Gasteiger partial charge in [0.1, 0.15) is 0 Å². The van der Waals surface area contributed by atoms with Crippen molar-refractivity contribution in [2.45, 2.75) is 13.3 Å². The fraction of sp³-hybridized carbons (Fsp3) is 0.462. The number of benzene rings is 1. The second kappa shape index (κ2) is 5.33. The van der Waals surface area contributed by atoms with Crippen molar-refractivity contribution in [3.8, 4) is 0 Å². The summed E-state index contributed by atoms with van der Waals surface area (Å²) in [6, 6.07) is 3.90. The van der Waals surface area contributed by atoms with E-state index in [1.165, 1.54) is 6.07 Å². The minimum atomic E-state index is -0.835. The van der Waals surface area contributed by atoms with E-state index in [4.69, 9.17) is 0 Å². The van der Waals surface area contributed by atoms with E-state index in [1.54, 1.807) is 11.0 Å². The molecule has 1 amide bonds. The molecule has 0 N–H and O–H groups in total. The number of carbonyl (C=O) groups is 1. The van der Waals surface area contributed by atoms with Crippen molar-refractivity contribution in [2.24, 2.45) is 0 Å². The lowest BCUT2D eigenvalue weighted by molar-refractivity contribution is -0.131. The number of hydrogen-bond donors (Lipinski definition) is 0. The Morgan fingerprint density at radius 2 is 1.83 bits per heavy atom. The van der Waals surface area contributed by atoms with E-state index < -0.39 is 11.6 Å². The molecule has 0 radical (unpaired) electrons. The summed E-state index contributed by atoms with van der Waals surface area (Å²) in [5.41, 5.74) is 0.664. The van der Waals surface area contributed by atoms with Crippen LogP contribution in [0.3, 0.4) is 0 Å². The minimum absolute atomic E-state index is 0.139. The molecule has 0 aliphatic carbocycles. The Morgan fingerprint density at radius 1 is 1.17 bits per heavy atom. The molecule has 1 aliphatic heterocycles. The first-order chi connectivity index (χ1) is 8.61. The summed E-state index contributed by atoms with van der Waals surface area (Å²) < 4.78 is 26.0. The molecule has 0 spiro atoms. The number of hydrogen-bond acceptors (Lipinski definition) is 2. The van der Waals surface area contributed by atoms with Crippen LogP contribution < -0.4 is 4.90 Å². The summed E-state index contributed by atoms with van der Waals surface area (Å²) in [6.07, 6.45) is 0.505. The fourth-order valence-electron chi connectivity index (χ4n) is 2.12. The number of nitrogens with zero attached hydrogens (tertiary/aromatic N) is 2. The maximum absolute atomic E-state index is 13.1. The molecule has 0 atom stereocenters. The first-order valence-corrected chi connectivity index (χ1v) is 6.09. The molecule has 0 unspecified atom stereocenters. The second-order valence-corrected chi connectivity index (χ2v) is 4.32. The highest BCUT2D eigenvalue weighted by Crippen LogP contribution is 2.19. The molecule has 98 valence electrons. The molecule has 3 nitrogen and oxygen atoms in total. The second-order valence-electron chi connectivity index (χ2n) is 4.32. The molecule has 5 heteroatoms. The van der Waals surface area contributed by atoms with Gasteiger partial charge in [0.15, 0.2) is 11.6 Å². The fourth-order valence-corrected chi connectivity index (χ4v) is 2.12. The largest absolute Gasteiger partial charge is 0.368 e. The zero-order chi connectivity index (χ0) is 13.1. The van der Waals surface area contributed by atoms with Gasteiger partial charge >= 0.3 is 0 Å². The van der Waals surface area contributed by atoms with Crippen LogP contribution in [-0.2, 0) is 4.79 Å².